The highest BCUT2D eigenvalue weighted by atomic mass is 35.5. The molecule has 0 bridgehead atoms. The maximum atomic E-state index is 13.4. The van der Waals surface area contributed by atoms with Gasteiger partial charge in [-0.25, -0.2) is 8.78 Å². The SMILES string of the molecule is CC1(C)CCCC(c2ccc(F)c(F)c2Cl)C1. The van der Waals surface area contributed by atoms with Crippen LogP contribution in [-0.4, -0.2) is 0 Å². The zero-order valence-corrected chi connectivity index (χ0v) is 11.0. The Bertz CT molecular complexity index is 426. The maximum absolute atomic E-state index is 13.4. The van der Waals surface area contributed by atoms with Gasteiger partial charge >= 0.3 is 0 Å². The standard InChI is InChI=1S/C14H17ClF2/c1-14(2)7-3-4-9(8-14)10-5-6-11(16)13(17)12(10)15/h5-6,9H,3-4,7-8H2,1-2H3. The number of benzene rings is 1. The lowest BCUT2D eigenvalue weighted by Gasteiger charge is -2.35. The van der Waals surface area contributed by atoms with E-state index in [9.17, 15) is 8.78 Å². The van der Waals surface area contributed by atoms with Crippen molar-refractivity contribution < 1.29 is 8.78 Å². The summed E-state index contributed by atoms with van der Waals surface area (Å²) in [7, 11) is 0. The molecule has 3 heteroatoms. The number of halogens is 3. The number of hydrogen-bond donors (Lipinski definition) is 0. The molecule has 1 aromatic carbocycles. The Morgan fingerprint density at radius 3 is 2.65 bits per heavy atom. The van der Waals surface area contributed by atoms with E-state index in [0.29, 0.717) is 0 Å². The highest BCUT2D eigenvalue weighted by Gasteiger charge is 2.30. The van der Waals surface area contributed by atoms with Crippen LogP contribution in [0.3, 0.4) is 0 Å². The summed E-state index contributed by atoms with van der Waals surface area (Å²) in [4.78, 5) is 0. The van der Waals surface area contributed by atoms with Gasteiger partial charge in [0.2, 0.25) is 0 Å². The second kappa shape index (κ2) is 4.56. The van der Waals surface area contributed by atoms with Crippen molar-refractivity contribution >= 4 is 11.6 Å². The van der Waals surface area contributed by atoms with Crippen molar-refractivity contribution in [3.8, 4) is 0 Å². The predicted molar refractivity (Wildman–Crippen MR) is 66.4 cm³/mol. The Balaban J connectivity index is 2.31. The van der Waals surface area contributed by atoms with Crippen LogP contribution >= 0.6 is 11.6 Å². The molecule has 0 saturated heterocycles. The minimum atomic E-state index is -0.910. The molecule has 1 aliphatic carbocycles. The molecular weight excluding hydrogens is 242 g/mol. The van der Waals surface area contributed by atoms with Crippen LogP contribution in [-0.2, 0) is 0 Å². The molecule has 0 radical (unpaired) electrons. The molecule has 1 atom stereocenters. The van der Waals surface area contributed by atoms with Gasteiger partial charge in [0.05, 0.1) is 5.02 Å². The largest absolute Gasteiger partial charge is 0.204 e. The van der Waals surface area contributed by atoms with Crippen molar-refractivity contribution in [3.63, 3.8) is 0 Å². The zero-order chi connectivity index (χ0) is 12.6. The van der Waals surface area contributed by atoms with Crippen LogP contribution in [0.1, 0.15) is 51.0 Å². The van der Waals surface area contributed by atoms with Crippen molar-refractivity contribution in [2.75, 3.05) is 0 Å². The molecular formula is C14H17ClF2. The van der Waals surface area contributed by atoms with Crippen LogP contribution in [0.15, 0.2) is 12.1 Å². The molecule has 0 N–H and O–H groups in total. The third-order valence-electron chi connectivity index (χ3n) is 3.71. The molecule has 0 nitrogen and oxygen atoms in total. The minimum absolute atomic E-state index is 0.0345. The smallest absolute Gasteiger partial charge is 0.177 e. The molecule has 1 saturated carbocycles. The summed E-state index contributed by atoms with van der Waals surface area (Å²) in [6.07, 6.45) is 4.30. The van der Waals surface area contributed by atoms with Crippen LogP contribution in [0.2, 0.25) is 5.02 Å². The van der Waals surface area contributed by atoms with Gasteiger partial charge in [0.25, 0.3) is 0 Å². The summed E-state index contributed by atoms with van der Waals surface area (Å²) in [6, 6.07) is 2.81. The molecule has 0 aromatic heterocycles. The first-order valence-corrected chi connectivity index (χ1v) is 6.42. The number of hydrogen-bond acceptors (Lipinski definition) is 0. The fraction of sp³-hybridized carbons (Fsp3) is 0.571. The predicted octanol–water partition coefficient (Wildman–Crippen LogP) is 5.30. The fourth-order valence-electron chi connectivity index (χ4n) is 2.82. The summed E-state index contributed by atoms with van der Waals surface area (Å²) < 4.78 is 26.5. The summed E-state index contributed by atoms with van der Waals surface area (Å²) in [6.45, 7) is 4.43. The molecule has 0 amide bonds. The molecule has 0 spiro atoms. The third-order valence-corrected chi connectivity index (χ3v) is 4.09. The van der Waals surface area contributed by atoms with Gasteiger partial charge in [0, 0.05) is 0 Å². The second-order valence-corrected chi connectivity index (χ2v) is 6.10. The van der Waals surface area contributed by atoms with Crippen LogP contribution in [0.5, 0.6) is 0 Å². The summed E-state index contributed by atoms with van der Waals surface area (Å²) in [5.74, 6) is -1.53. The average molecular weight is 259 g/mol. The van der Waals surface area contributed by atoms with Gasteiger partial charge in [-0.15, -0.1) is 0 Å². The lowest BCUT2D eigenvalue weighted by atomic mass is 9.70. The summed E-state index contributed by atoms with van der Waals surface area (Å²) in [5, 5.41) is -0.0345. The first kappa shape index (κ1) is 12.8. The summed E-state index contributed by atoms with van der Waals surface area (Å²) in [5.41, 5.74) is 1.02. The molecule has 1 unspecified atom stereocenters. The second-order valence-electron chi connectivity index (χ2n) is 5.72. The molecule has 0 aliphatic heterocycles. The zero-order valence-electron chi connectivity index (χ0n) is 10.2. The normalized spacial score (nSPS) is 23.7. The Morgan fingerprint density at radius 1 is 1.29 bits per heavy atom. The Morgan fingerprint density at radius 2 is 2.00 bits per heavy atom. The van der Waals surface area contributed by atoms with Gasteiger partial charge in [0.15, 0.2) is 11.6 Å². The number of rotatable bonds is 1. The quantitative estimate of drug-likeness (QED) is 0.600. The van der Waals surface area contributed by atoms with Crippen molar-refractivity contribution in [2.24, 2.45) is 5.41 Å². The Hall–Kier alpha value is -0.630. The van der Waals surface area contributed by atoms with Crippen molar-refractivity contribution in [1.82, 2.24) is 0 Å². The highest BCUT2D eigenvalue weighted by molar-refractivity contribution is 6.31. The Labute approximate surface area is 106 Å². The van der Waals surface area contributed by atoms with E-state index in [1.165, 1.54) is 12.5 Å². The average Bonchev–Trinajstić information content (AvgIpc) is 2.25. The van der Waals surface area contributed by atoms with E-state index < -0.39 is 11.6 Å². The van der Waals surface area contributed by atoms with Gasteiger partial charge in [-0.3, -0.25) is 0 Å². The van der Waals surface area contributed by atoms with E-state index in [1.54, 1.807) is 6.07 Å². The van der Waals surface area contributed by atoms with E-state index in [-0.39, 0.29) is 16.4 Å². The molecule has 2 rings (SSSR count). The van der Waals surface area contributed by atoms with Crippen LogP contribution in [0.25, 0.3) is 0 Å². The van der Waals surface area contributed by atoms with Gasteiger partial charge in [-0.1, -0.05) is 37.9 Å². The van der Waals surface area contributed by atoms with E-state index in [0.717, 1.165) is 24.8 Å². The third kappa shape index (κ3) is 2.62. The van der Waals surface area contributed by atoms with Crippen LogP contribution in [0, 0.1) is 17.0 Å². The van der Waals surface area contributed by atoms with Gasteiger partial charge < -0.3 is 0 Å². The van der Waals surface area contributed by atoms with Crippen molar-refractivity contribution in [2.45, 2.75) is 45.4 Å². The van der Waals surface area contributed by atoms with E-state index in [1.807, 2.05) is 0 Å². The lowest BCUT2D eigenvalue weighted by molar-refractivity contribution is 0.219. The van der Waals surface area contributed by atoms with E-state index in [2.05, 4.69) is 13.8 Å². The van der Waals surface area contributed by atoms with Gasteiger partial charge in [-0.2, -0.15) is 0 Å². The Kier molecular flexibility index (Phi) is 3.44. The topological polar surface area (TPSA) is 0 Å². The van der Waals surface area contributed by atoms with Gasteiger partial charge in [-0.05, 0) is 42.2 Å². The molecule has 0 heterocycles. The molecule has 17 heavy (non-hydrogen) atoms. The maximum Gasteiger partial charge on any atom is 0.177 e. The van der Waals surface area contributed by atoms with Crippen LogP contribution in [0.4, 0.5) is 8.78 Å². The highest BCUT2D eigenvalue weighted by Crippen LogP contribution is 2.45. The lowest BCUT2D eigenvalue weighted by Crippen LogP contribution is -2.21. The first-order valence-electron chi connectivity index (χ1n) is 6.04. The van der Waals surface area contributed by atoms with Crippen LogP contribution < -0.4 is 0 Å². The molecule has 1 aromatic rings. The fourth-order valence-corrected chi connectivity index (χ4v) is 3.13. The molecule has 1 fully saturated rings. The molecule has 1 aliphatic rings. The first-order chi connectivity index (χ1) is 7.91. The summed E-state index contributed by atoms with van der Waals surface area (Å²) >= 11 is 5.91. The van der Waals surface area contributed by atoms with Crippen molar-refractivity contribution in [1.29, 1.82) is 0 Å². The van der Waals surface area contributed by atoms with Gasteiger partial charge in [0.1, 0.15) is 0 Å². The van der Waals surface area contributed by atoms with E-state index >= 15 is 0 Å². The molecule has 94 valence electrons. The minimum Gasteiger partial charge on any atom is -0.204 e. The van der Waals surface area contributed by atoms with E-state index in [4.69, 9.17) is 11.6 Å². The monoisotopic (exact) mass is 258 g/mol. The van der Waals surface area contributed by atoms with Crippen molar-refractivity contribution in [3.05, 3.63) is 34.4 Å².